The monoisotopic (exact) mass is 457 g/mol. The molecule has 1 saturated heterocycles. The maximum Gasteiger partial charge on any atom is 0.413 e. The minimum Gasteiger partial charge on any atom is -0.466 e. The highest BCUT2D eigenvalue weighted by atomic mass is 19.1. The van der Waals surface area contributed by atoms with E-state index in [-0.39, 0.29) is 47.3 Å². The minimum absolute atomic E-state index is 0.0132. The lowest BCUT2D eigenvalue weighted by atomic mass is 10.00. The zero-order valence-corrected chi connectivity index (χ0v) is 17.5. The Bertz CT molecular complexity index is 1260. The number of tetrazole rings is 1. The number of carbonyl (C=O) groups excluding carboxylic acids is 2. The number of nitrogens with zero attached hydrogens (tertiary/aromatic N) is 6. The molecule has 2 aromatic heterocycles. The van der Waals surface area contributed by atoms with Crippen LogP contribution < -0.4 is 10.1 Å². The lowest BCUT2D eigenvalue weighted by Crippen LogP contribution is -2.47. The number of amides is 2. The van der Waals surface area contributed by atoms with Gasteiger partial charge in [0.05, 0.1) is 31.3 Å². The Morgan fingerprint density at radius 1 is 1.30 bits per heavy atom. The fourth-order valence-corrected chi connectivity index (χ4v) is 3.76. The van der Waals surface area contributed by atoms with E-state index in [0.717, 1.165) is 6.07 Å². The maximum atomic E-state index is 15.4. The molecule has 3 aromatic rings. The molecule has 5 rings (SSSR count). The molecule has 0 radical (unpaired) electrons. The molecular weight excluding hydrogens is 440 g/mol. The van der Waals surface area contributed by atoms with Gasteiger partial charge in [-0.1, -0.05) is 6.07 Å². The average molecular weight is 457 g/mol. The van der Waals surface area contributed by atoms with E-state index in [1.54, 1.807) is 7.05 Å². The van der Waals surface area contributed by atoms with Crippen molar-refractivity contribution in [1.29, 1.82) is 0 Å². The van der Waals surface area contributed by atoms with Crippen LogP contribution in [0.5, 0.6) is 5.75 Å². The van der Waals surface area contributed by atoms with Crippen LogP contribution in [-0.2, 0) is 23.1 Å². The Labute approximate surface area is 185 Å². The highest BCUT2D eigenvalue weighted by Crippen LogP contribution is 2.40. The second-order valence-corrected chi connectivity index (χ2v) is 7.55. The summed E-state index contributed by atoms with van der Waals surface area (Å²) in [4.78, 5) is 30.1. The molecule has 2 aliphatic heterocycles. The van der Waals surface area contributed by atoms with Gasteiger partial charge in [0, 0.05) is 24.8 Å². The fourth-order valence-electron chi connectivity index (χ4n) is 3.76. The van der Waals surface area contributed by atoms with Crippen LogP contribution in [0.1, 0.15) is 12.5 Å². The smallest absolute Gasteiger partial charge is 0.413 e. The molecular formula is C20H17F2N7O4. The zero-order valence-electron chi connectivity index (χ0n) is 17.5. The number of fused-ring (bicyclic) bond motifs is 2. The Morgan fingerprint density at radius 3 is 2.79 bits per heavy atom. The van der Waals surface area contributed by atoms with Gasteiger partial charge >= 0.3 is 6.09 Å². The first-order chi connectivity index (χ1) is 15.8. The van der Waals surface area contributed by atoms with E-state index in [0.29, 0.717) is 5.69 Å². The summed E-state index contributed by atoms with van der Waals surface area (Å²) in [5, 5.41) is 14.2. The lowest BCUT2D eigenvalue weighted by molar-refractivity contribution is -0.119. The second kappa shape index (κ2) is 7.76. The van der Waals surface area contributed by atoms with Crippen LogP contribution in [0.4, 0.5) is 13.6 Å². The third kappa shape index (κ3) is 3.60. The van der Waals surface area contributed by atoms with Crippen molar-refractivity contribution in [1.82, 2.24) is 35.4 Å². The van der Waals surface area contributed by atoms with E-state index in [1.165, 1.54) is 34.9 Å². The molecule has 11 nitrogen and oxygen atoms in total. The summed E-state index contributed by atoms with van der Waals surface area (Å²) in [6.45, 7) is 1.16. The first-order valence-corrected chi connectivity index (χ1v) is 9.92. The summed E-state index contributed by atoms with van der Waals surface area (Å²) in [6, 6.07) is 4.09. The number of rotatable bonds is 4. The topological polar surface area (TPSA) is 124 Å². The van der Waals surface area contributed by atoms with E-state index in [4.69, 9.17) is 9.47 Å². The maximum absolute atomic E-state index is 15.4. The Balaban J connectivity index is 1.46. The normalized spacial score (nSPS) is 18.9. The first-order valence-electron chi connectivity index (χ1n) is 9.92. The molecule has 2 aliphatic rings. The number of nitrogens with one attached hydrogen (secondary N) is 1. The fraction of sp³-hybridized carbons (Fsp3) is 0.300. The molecule has 170 valence electrons. The van der Waals surface area contributed by atoms with Crippen molar-refractivity contribution in [2.24, 2.45) is 7.05 Å². The lowest BCUT2D eigenvalue weighted by Gasteiger charge is -2.32. The standard InChI is InChI=1S/C20H17F2N7O4/c1-9(30)23-7-15-19-29(20(31)33-15)8-11-14(32-19)5-12(21)16(17(11)22)10-3-4-13(24-6-10)18-25-27-28(2)26-18/h3-6,15,19H,7-8H2,1-2H3,(H,23,30)/t15-,19-/m1/s1. The molecule has 1 aromatic carbocycles. The van der Waals surface area contributed by atoms with E-state index >= 15 is 4.39 Å². The molecule has 0 bridgehead atoms. The van der Waals surface area contributed by atoms with Crippen molar-refractivity contribution in [3.8, 4) is 28.4 Å². The van der Waals surface area contributed by atoms with Crippen LogP contribution in [0.25, 0.3) is 22.6 Å². The van der Waals surface area contributed by atoms with Crippen molar-refractivity contribution in [2.75, 3.05) is 6.54 Å². The molecule has 0 saturated carbocycles. The number of aromatic nitrogens is 5. The van der Waals surface area contributed by atoms with Crippen LogP contribution in [0.2, 0.25) is 0 Å². The molecule has 33 heavy (non-hydrogen) atoms. The summed E-state index contributed by atoms with van der Waals surface area (Å²) in [5.74, 6) is -1.79. The highest BCUT2D eigenvalue weighted by Gasteiger charge is 2.47. The van der Waals surface area contributed by atoms with Crippen molar-refractivity contribution in [3.63, 3.8) is 0 Å². The van der Waals surface area contributed by atoms with Gasteiger partial charge in [-0.3, -0.25) is 14.7 Å². The number of halogens is 2. The first kappa shape index (κ1) is 20.7. The van der Waals surface area contributed by atoms with Gasteiger partial charge in [0.25, 0.3) is 0 Å². The molecule has 0 unspecified atom stereocenters. The van der Waals surface area contributed by atoms with Crippen LogP contribution in [-0.4, -0.2) is 61.0 Å². The van der Waals surface area contributed by atoms with Crippen molar-refractivity contribution in [2.45, 2.75) is 25.8 Å². The predicted molar refractivity (Wildman–Crippen MR) is 106 cm³/mol. The van der Waals surface area contributed by atoms with Crippen LogP contribution in [0.15, 0.2) is 24.4 Å². The Hall–Kier alpha value is -4.16. The second-order valence-electron chi connectivity index (χ2n) is 7.55. The van der Waals surface area contributed by atoms with E-state index < -0.39 is 30.1 Å². The number of cyclic esters (lactones) is 1. The molecule has 4 heterocycles. The Kier molecular flexibility index (Phi) is 4.87. The number of hydrogen-bond donors (Lipinski definition) is 1. The van der Waals surface area contributed by atoms with Gasteiger partial charge < -0.3 is 14.8 Å². The number of pyridine rings is 1. The van der Waals surface area contributed by atoms with Crippen molar-refractivity contribution >= 4 is 12.0 Å². The zero-order chi connectivity index (χ0) is 23.3. The van der Waals surface area contributed by atoms with E-state index in [2.05, 4.69) is 25.7 Å². The Morgan fingerprint density at radius 2 is 2.12 bits per heavy atom. The quantitative estimate of drug-likeness (QED) is 0.623. The molecule has 2 amide bonds. The van der Waals surface area contributed by atoms with E-state index in [1.807, 2.05) is 0 Å². The van der Waals surface area contributed by atoms with Crippen LogP contribution in [0, 0.1) is 11.6 Å². The van der Waals surface area contributed by atoms with Crippen molar-refractivity contribution in [3.05, 3.63) is 41.6 Å². The molecule has 2 atom stereocenters. The van der Waals surface area contributed by atoms with Gasteiger partial charge in [-0.15, -0.1) is 10.2 Å². The van der Waals surface area contributed by atoms with E-state index in [9.17, 15) is 14.0 Å². The van der Waals surface area contributed by atoms with Gasteiger partial charge in [-0.25, -0.2) is 13.6 Å². The molecule has 1 N–H and O–H groups in total. The summed E-state index contributed by atoms with van der Waals surface area (Å²) in [6.07, 6.45) is -1.14. The minimum atomic E-state index is -0.915. The SMILES string of the molecule is CC(=O)NC[C@H]1OC(=O)N2Cc3c(cc(F)c(-c4ccc(-c5nnn(C)n5)nc4)c3F)O[C@H]12. The van der Waals surface area contributed by atoms with Crippen LogP contribution in [0.3, 0.4) is 0 Å². The number of benzene rings is 1. The largest absolute Gasteiger partial charge is 0.466 e. The molecule has 13 heteroatoms. The van der Waals surface area contributed by atoms with Gasteiger partial charge in [0.2, 0.25) is 18.0 Å². The summed E-state index contributed by atoms with van der Waals surface area (Å²) in [7, 11) is 1.60. The van der Waals surface area contributed by atoms with Crippen molar-refractivity contribution < 1.29 is 27.8 Å². The summed E-state index contributed by atoms with van der Waals surface area (Å²) in [5.41, 5.74) is 0.292. The number of hydrogen-bond acceptors (Lipinski definition) is 8. The number of ether oxygens (including phenoxy) is 2. The highest BCUT2D eigenvalue weighted by molar-refractivity contribution is 5.74. The molecule has 0 aliphatic carbocycles. The van der Waals surface area contributed by atoms with Gasteiger partial charge in [0.15, 0.2) is 6.10 Å². The predicted octanol–water partition coefficient (Wildman–Crippen LogP) is 1.39. The van der Waals surface area contributed by atoms with Crippen LogP contribution >= 0.6 is 0 Å². The number of aryl methyl sites for hydroxylation is 1. The molecule has 1 fully saturated rings. The third-order valence-electron chi connectivity index (χ3n) is 5.31. The summed E-state index contributed by atoms with van der Waals surface area (Å²) >= 11 is 0. The third-order valence-corrected chi connectivity index (χ3v) is 5.31. The summed E-state index contributed by atoms with van der Waals surface area (Å²) < 4.78 is 41.4. The van der Waals surface area contributed by atoms with Gasteiger partial charge in [0.1, 0.15) is 23.1 Å². The average Bonchev–Trinajstić information content (AvgIpc) is 3.35. The molecule has 0 spiro atoms. The van der Waals surface area contributed by atoms with Gasteiger partial charge in [-0.05, 0) is 11.3 Å². The van der Waals surface area contributed by atoms with Gasteiger partial charge in [-0.2, -0.15) is 4.80 Å². The number of carbonyl (C=O) groups is 2.